The van der Waals surface area contributed by atoms with E-state index in [9.17, 15) is 0 Å². The van der Waals surface area contributed by atoms with Crippen molar-refractivity contribution in [3.05, 3.63) is 29.3 Å². The second-order valence-electron chi connectivity index (χ2n) is 2.48. The molecule has 0 bridgehead atoms. The topological polar surface area (TPSA) is 56.8 Å². The molecule has 1 aromatic rings. The zero-order chi connectivity index (χ0) is 11.5. The van der Waals surface area contributed by atoms with Gasteiger partial charge in [0.15, 0.2) is 0 Å². The lowest BCUT2D eigenvalue weighted by Crippen LogP contribution is -2.13. The van der Waals surface area contributed by atoms with Gasteiger partial charge in [-0.15, -0.1) is 0 Å². The van der Waals surface area contributed by atoms with Gasteiger partial charge in [0.2, 0.25) is 0 Å². The smallest absolute Gasteiger partial charge is 0.338 e. The van der Waals surface area contributed by atoms with Crippen LogP contribution < -0.4 is 4.74 Å². The second-order valence-corrected chi connectivity index (χ2v) is 4.66. The number of halogens is 3. The van der Waals surface area contributed by atoms with Crippen molar-refractivity contribution in [1.29, 1.82) is 10.5 Å². The summed E-state index contributed by atoms with van der Waals surface area (Å²) in [5, 5.41) is 17.4. The SMILES string of the molecule is N#Cc1ccc(OC(Cl)(Cl)Cl)c(C#N)c1. The second kappa shape index (κ2) is 4.59. The first-order chi connectivity index (χ1) is 6.96. The monoisotopic (exact) mass is 260 g/mol. The van der Waals surface area contributed by atoms with Gasteiger partial charge in [-0.1, -0.05) is 0 Å². The lowest BCUT2D eigenvalue weighted by atomic mass is 10.1. The van der Waals surface area contributed by atoms with Crippen LogP contribution in [0.15, 0.2) is 18.2 Å². The average Bonchev–Trinajstić information content (AvgIpc) is 2.16. The first-order valence-corrected chi connectivity index (χ1v) is 4.79. The van der Waals surface area contributed by atoms with Crippen molar-refractivity contribution in [2.75, 3.05) is 0 Å². The molecule has 0 radical (unpaired) electrons. The maximum absolute atomic E-state index is 8.77. The summed E-state index contributed by atoms with van der Waals surface area (Å²) in [7, 11) is 0. The third-order valence-electron chi connectivity index (χ3n) is 1.45. The highest BCUT2D eigenvalue weighted by atomic mass is 35.6. The van der Waals surface area contributed by atoms with E-state index in [1.807, 2.05) is 12.1 Å². The molecule has 0 aliphatic rings. The number of alkyl halides is 3. The molecule has 0 atom stereocenters. The van der Waals surface area contributed by atoms with Gasteiger partial charge in [0.25, 0.3) is 0 Å². The highest BCUT2D eigenvalue weighted by Gasteiger charge is 2.23. The number of nitrogens with zero attached hydrogens (tertiary/aromatic N) is 2. The highest BCUT2D eigenvalue weighted by Crippen LogP contribution is 2.32. The van der Waals surface area contributed by atoms with Gasteiger partial charge >= 0.3 is 3.98 Å². The van der Waals surface area contributed by atoms with E-state index in [1.165, 1.54) is 18.2 Å². The Kier molecular flexibility index (Phi) is 3.66. The van der Waals surface area contributed by atoms with Crippen LogP contribution >= 0.6 is 34.8 Å². The molecule has 6 heteroatoms. The molecule has 0 aliphatic carbocycles. The Bertz CT molecular complexity index is 454. The number of nitriles is 2. The minimum absolute atomic E-state index is 0.122. The van der Waals surface area contributed by atoms with Crippen LogP contribution in [0, 0.1) is 22.7 Å². The molecular formula is C9H3Cl3N2O. The lowest BCUT2D eigenvalue weighted by Gasteiger charge is -2.14. The number of hydrogen-bond acceptors (Lipinski definition) is 3. The van der Waals surface area contributed by atoms with Crippen molar-refractivity contribution >= 4 is 34.8 Å². The zero-order valence-electron chi connectivity index (χ0n) is 7.17. The fourth-order valence-electron chi connectivity index (χ4n) is 0.901. The minimum atomic E-state index is -1.93. The molecule has 0 fully saturated rings. The standard InChI is InChI=1S/C9H3Cl3N2O/c10-9(11,12)15-8-2-1-6(4-13)3-7(8)5-14/h1-3H. The largest absolute Gasteiger partial charge is 0.444 e. The van der Waals surface area contributed by atoms with E-state index in [1.54, 1.807) is 0 Å². The van der Waals surface area contributed by atoms with Crippen molar-refractivity contribution in [3.63, 3.8) is 0 Å². The molecule has 0 amide bonds. The number of hydrogen-bond donors (Lipinski definition) is 0. The van der Waals surface area contributed by atoms with Crippen molar-refractivity contribution in [2.45, 2.75) is 3.98 Å². The van der Waals surface area contributed by atoms with Crippen LogP contribution in [-0.4, -0.2) is 3.98 Å². The number of ether oxygens (including phenoxy) is 1. The van der Waals surface area contributed by atoms with Crippen LogP contribution in [0.25, 0.3) is 0 Å². The summed E-state index contributed by atoms with van der Waals surface area (Å²) in [6.07, 6.45) is 0. The summed E-state index contributed by atoms with van der Waals surface area (Å²) in [5.41, 5.74) is 0.476. The first-order valence-electron chi connectivity index (χ1n) is 3.66. The molecule has 0 saturated carbocycles. The molecule has 1 rings (SSSR count). The van der Waals surface area contributed by atoms with Crippen LogP contribution in [0.1, 0.15) is 11.1 Å². The number of rotatable bonds is 1. The molecule has 76 valence electrons. The number of benzene rings is 1. The average molecular weight is 261 g/mol. The quantitative estimate of drug-likeness (QED) is 0.730. The van der Waals surface area contributed by atoms with E-state index in [0.29, 0.717) is 5.56 Å². The van der Waals surface area contributed by atoms with Gasteiger partial charge in [0, 0.05) is 0 Å². The summed E-state index contributed by atoms with van der Waals surface area (Å²) in [6, 6.07) is 7.95. The highest BCUT2D eigenvalue weighted by molar-refractivity contribution is 6.66. The normalized spacial score (nSPS) is 10.2. The van der Waals surface area contributed by atoms with Crippen molar-refractivity contribution < 1.29 is 4.74 Å². The van der Waals surface area contributed by atoms with Gasteiger partial charge in [-0.2, -0.15) is 10.5 Å². The molecule has 15 heavy (non-hydrogen) atoms. The van der Waals surface area contributed by atoms with E-state index in [-0.39, 0.29) is 11.3 Å². The van der Waals surface area contributed by atoms with Crippen molar-refractivity contribution in [2.24, 2.45) is 0 Å². The fraction of sp³-hybridized carbons (Fsp3) is 0.111. The van der Waals surface area contributed by atoms with Crippen LogP contribution in [0.2, 0.25) is 0 Å². The van der Waals surface area contributed by atoms with Gasteiger partial charge in [-0.25, -0.2) is 0 Å². The van der Waals surface area contributed by atoms with Crippen LogP contribution in [-0.2, 0) is 0 Å². The molecule has 1 aromatic carbocycles. The zero-order valence-corrected chi connectivity index (χ0v) is 9.44. The summed E-state index contributed by atoms with van der Waals surface area (Å²) in [5.74, 6) is 0.122. The Labute approximate surface area is 101 Å². The summed E-state index contributed by atoms with van der Waals surface area (Å²) < 4.78 is 2.96. The Balaban J connectivity index is 3.11. The van der Waals surface area contributed by atoms with Crippen molar-refractivity contribution in [1.82, 2.24) is 0 Å². The third-order valence-corrected chi connectivity index (χ3v) is 1.69. The minimum Gasteiger partial charge on any atom is -0.444 e. The van der Waals surface area contributed by atoms with Gasteiger partial charge in [0.05, 0.1) is 17.2 Å². The van der Waals surface area contributed by atoms with Gasteiger partial charge in [0.1, 0.15) is 11.8 Å². The molecular weight excluding hydrogens is 258 g/mol. The van der Waals surface area contributed by atoms with E-state index in [0.717, 1.165) is 0 Å². The Hall–Kier alpha value is -1.13. The van der Waals surface area contributed by atoms with E-state index in [2.05, 4.69) is 0 Å². The third kappa shape index (κ3) is 3.49. The van der Waals surface area contributed by atoms with E-state index in [4.69, 9.17) is 50.1 Å². The molecule has 0 spiro atoms. The molecule has 0 aromatic heterocycles. The first kappa shape index (κ1) is 11.9. The lowest BCUT2D eigenvalue weighted by molar-refractivity contribution is 0.319. The Morgan fingerprint density at radius 2 is 1.80 bits per heavy atom. The van der Waals surface area contributed by atoms with Crippen LogP contribution in [0.3, 0.4) is 0 Å². The van der Waals surface area contributed by atoms with Crippen LogP contribution in [0.4, 0.5) is 0 Å². The summed E-state index contributed by atoms with van der Waals surface area (Å²) >= 11 is 16.2. The maximum Gasteiger partial charge on any atom is 0.338 e. The molecule has 0 unspecified atom stereocenters. The van der Waals surface area contributed by atoms with Gasteiger partial charge in [-0.3, -0.25) is 0 Å². The van der Waals surface area contributed by atoms with Crippen molar-refractivity contribution in [3.8, 4) is 17.9 Å². The maximum atomic E-state index is 8.77. The fourth-order valence-corrected chi connectivity index (χ4v) is 1.15. The summed E-state index contributed by atoms with van der Waals surface area (Å²) in [6.45, 7) is 0. The summed E-state index contributed by atoms with van der Waals surface area (Å²) in [4.78, 5) is 0. The predicted octanol–water partition coefficient (Wildman–Crippen LogP) is 3.14. The Morgan fingerprint density at radius 1 is 1.13 bits per heavy atom. The molecule has 0 aliphatic heterocycles. The molecule has 0 saturated heterocycles. The van der Waals surface area contributed by atoms with Crippen LogP contribution in [0.5, 0.6) is 5.75 Å². The van der Waals surface area contributed by atoms with E-state index < -0.39 is 3.98 Å². The molecule has 0 heterocycles. The van der Waals surface area contributed by atoms with Gasteiger partial charge < -0.3 is 4.74 Å². The molecule has 0 N–H and O–H groups in total. The van der Waals surface area contributed by atoms with E-state index >= 15 is 0 Å². The Morgan fingerprint density at radius 3 is 2.27 bits per heavy atom. The molecule has 3 nitrogen and oxygen atoms in total. The van der Waals surface area contributed by atoms with Gasteiger partial charge in [-0.05, 0) is 53.0 Å². The predicted molar refractivity (Wildman–Crippen MR) is 56.8 cm³/mol.